The fraction of sp³-hybridized carbons (Fsp3) is 0.240. The van der Waals surface area contributed by atoms with E-state index in [9.17, 15) is 20.1 Å². The first-order chi connectivity index (χ1) is 16.0. The summed E-state index contributed by atoms with van der Waals surface area (Å²) in [6, 6.07) is 16.1. The zero-order valence-corrected chi connectivity index (χ0v) is 17.8. The first kappa shape index (κ1) is 21.1. The van der Waals surface area contributed by atoms with Gasteiger partial charge in [0.2, 0.25) is 0 Å². The number of aliphatic hydroxyl groups excluding tert-OH is 2. The third-order valence-corrected chi connectivity index (χ3v) is 6.13. The number of aliphatic hydroxyl groups is 2. The first-order valence-electron chi connectivity index (χ1n) is 10.9. The molecule has 1 amide bonds. The Kier molecular flexibility index (Phi) is 5.53. The van der Waals surface area contributed by atoms with Crippen molar-refractivity contribution in [2.45, 2.75) is 25.0 Å². The fourth-order valence-electron chi connectivity index (χ4n) is 4.24. The number of piperidine rings is 1. The lowest BCUT2D eigenvalue weighted by Crippen LogP contribution is -2.42. The summed E-state index contributed by atoms with van der Waals surface area (Å²) >= 11 is 0. The van der Waals surface area contributed by atoms with Crippen LogP contribution in [0.15, 0.2) is 60.8 Å². The van der Waals surface area contributed by atoms with Crippen LogP contribution in [0.2, 0.25) is 0 Å². The van der Waals surface area contributed by atoms with Gasteiger partial charge in [0.05, 0.1) is 11.8 Å². The minimum atomic E-state index is -1.28. The maximum atomic E-state index is 12.8. The molecule has 1 saturated heterocycles. The van der Waals surface area contributed by atoms with Crippen molar-refractivity contribution in [3.8, 4) is 28.1 Å². The van der Waals surface area contributed by atoms with Crippen LogP contribution in [0, 0.1) is 0 Å². The number of H-pyrrole nitrogens is 1. The van der Waals surface area contributed by atoms with Crippen molar-refractivity contribution in [2.75, 3.05) is 13.1 Å². The smallest absolute Gasteiger partial charge is 0.256 e. The van der Waals surface area contributed by atoms with E-state index >= 15 is 0 Å². The van der Waals surface area contributed by atoms with Crippen molar-refractivity contribution >= 4 is 16.9 Å². The number of rotatable bonds is 4. The Morgan fingerprint density at radius 2 is 1.85 bits per heavy atom. The minimum Gasteiger partial charge on any atom is -0.507 e. The number of nitrogens with zero attached hydrogens (tertiary/aromatic N) is 3. The van der Waals surface area contributed by atoms with Crippen LogP contribution < -0.4 is 0 Å². The number of amides is 1. The summed E-state index contributed by atoms with van der Waals surface area (Å²) in [5.74, 6) is -0.216. The average molecular weight is 444 g/mol. The molecule has 1 aliphatic rings. The molecule has 0 saturated carbocycles. The molecule has 33 heavy (non-hydrogen) atoms. The molecule has 1 fully saturated rings. The van der Waals surface area contributed by atoms with Crippen molar-refractivity contribution in [1.82, 2.24) is 20.1 Å². The monoisotopic (exact) mass is 444 g/mol. The highest BCUT2D eigenvalue weighted by Gasteiger charge is 2.27. The number of likely N-dealkylation sites (tertiary alicyclic amines) is 1. The van der Waals surface area contributed by atoms with Gasteiger partial charge in [0.1, 0.15) is 5.75 Å². The largest absolute Gasteiger partial charge is 0.507 e. The van der Waals surface area contributed by atoms with E-state index in [1.807, 2.05) is 18.2 Å². The Bertz CT molecular complexity index is 1310. The molecule has 1 unspecified atom stereocenters. The summed E-state index contributed by atoms with van der Waals surface area (Å²) in [7, 11) is 0. The third kappa shape index (κ3) is 4.06. The third-order valence-electron chi connectivity index (χ3n) is 6.13. The molecule has 2 aromatic heterocycles. The number of carbonyl (C=O) groups is 1. The summed E-state index contributed by atoms with van der Waals surface area (Å²) in [4.78, 5) is 18.8. The van der Waals surface area contributed by atoms with Crippen molar-refractivity contribution in [1.29, 1.82) is 0 Å². The zero-order valence-electron chi connectivity index (χ0n) is 17.8. The van der Waals surface area contributed by atoms with Crippen LogP contribution in [0.1, 0.15) is 24.5 Å². The van der Waals surface area contributed by atoms with Crippen LogP contribution >= 0.6 is 0 Å². The van der Waals surface area contributed by atoms with E-state index in [2.05, 4.69) is 15.2 Å². The van der Waals surface area contributed by atoms with Crippen molar-refractivity contribution in [3.05, 3.63) is 66.4 Å². The van der Waals surface area contributed by atoms with Gasteiger partial charge in [-0.2, -0.15) is 5.10 Å². The van der Waals surface area contributed by atoms with Gasteiger partial charge in [-0.25, -0.2) is 4.98 Å². The van der Waals surface area contributed by atoms with E-state index in [0.29, 0.717) is 48.4 Å². The highest BCUT2D eigenvalue weighted by atomic mass is 16.3. The van der Waals surface area contributed by atoms with Gasteiger partial charge in [0, 0.05) is 35.8 Å². The Hall–Kier alpha value is -3.75. The molecular formula is C25H24N4O4. The van der Waals surface area contributed by atoms with Gasteiger partial charge in [0.25, 0.3) is 5.91 Å². The number of carbonyl (C=O) groups excluding carboxylic acids is 1. The molecule has 8 heteroatoms. The molecule has 3 heterocycles. The second kappa shape index (κ2) is 8.65. The first-order valence-corrected chi connectivity index (χ1v) is 10.9. The Morgan fingerprint density at radius 1 is 1.06 bits per heavy atom. The molecule has 1 atom stereocenters. The lowest BCUT2D eigenvalue weighted by Gasteiger charge is -2.31. The number of para-hydroxylation sites is 1. The van der Waals surface area contributed by atoms with Crippen molar-refractivity contribution in [2.24, 2.45) is 0 Å². The van der Waals surface area contributed by atoms with Gasteiger partial charge in [0.15, 0.2) is 11.8 Å². The summed E-state index contributed by atoms with van der Waals surface area (Å²) in [6.07, 6.45) is 1.07. The van der Waals surface area contributed by atoms with E-state index in [0.717, 1.165) is 16.5 Å². The molecule has 8 nitrogen and oxygen atoms in total. The SMILES string of the molecule is O=C(C(O)c1cccc(-c2cnc3n[nH]c(-c4ccccc4O)c3c2)c1)N1CCC(O)CC1. The predicted octanol–water partition coefficient (Wildman–Crippen LogP) is 3.01. The maximum absolute atomic E-state index is 12.8. The van der Waals surface area contributed by atoms with Gasteiger partial charge in [-0.15, -0.1) is 0 Å². The summed E-state index contributed by atoms with van der Waals surface area (Å²) < 4.78 is 0. The molecule has 168 valence electrons. The standard InChI is InChI=1S/C25H24N4O4/c30-18-8-10-29(11-9-18)25(33)23(32)16-5-3-4-15(12-16)17-13-20-22(27-28-24(20)26-14-17)19-6-1-2-7-21(19)31/h1-7,12-14,18,23,30-32H,8-11H2,(H,26,27,28). The molecule has 0 aliphatic carbocycles. The summed E-state index contributed by atoms with van der Waals surface area (Å²) in [5, 5.41) is 38.6. The predicted molar refractivity (Wildman–Crippen MR) is 123 cm³/mol. The number of aromatic nitrogens is 3. The van der Waals surface area contributed by atoms with Crippen LogP contribution in [0.3, 0.4) is 0 Å². The van der Waals surface area contributed by atoms with Crippen LogP contribution in [-0.2, 0) is 4.79 Å². The normalized spacial score (nSPS) is 15.6. The summed E-state index contributed by atoms with van der Waals surface area (Å²) in [6.45, 7) is 0.875. The van der Waals surface area contributed by atoms with Crippen molar-refractivity contribution in [3.63, 3.8) is 0 Å². The second-order valence-electron chi connectivity index (χ2n) is 8.30. The number of phenols is 1. The maximum Gasteiger partial charge on any atom is 0.256 e. The lowest BCUT2D eigenvalue weighted by molar-refractivity contribution is -0.142. The number of benzene rings is 2. The molecule has 5 rings (SSSR count). The topological polar surface area (TPSA) is 123 Å². The van der Waals surface area contributed by atoms with Gasteiger partial charge >= 0.3 is 0 Å². The van der Waals surface area contributed by atoms with Gasteiger partial charge in [-0.1, -0.05) is 30.3 Å². The van der Waals surface area contributed by atoms with Crippen LogP contribution in [0.5, 0.6) is 5.75 Å². The highest BCUT2D eigenvalue weighted by Crippen LogP contribution is 2.34. The van der Waals surface area contributed by atoms with Crippen LogP contribution in [0.25, 0.3) is 33.4 Å². The van der Waals surface area contributed by atoms with E-state index in [1.54, 1.807) is 47.5 Å². The Balaban J connectivity index is 1.46. The van der Waals surface area contributed by atoms with Crippen LogP contribution in [0.4, 0.5) is 0 Å². The van der Waals surface area contributed by atoms with Gasteiger partial charge in [-0.05, 0) is 48.2 Å². The highest BCUT2D eigenvalue weighted by molar-refractivity contribution is 5.94. The van der Waals surface area contributed by atoms with Gasteiger partial charge < -0.3 is 20.2 Å². The summed E-state index contributed by atoms with van der Waals surface area (Å²) in [5.41, 5.74) is 3.90. The molecule has 4 aromatic rings. The number of phenolic OH excluding ortho intramolecular Hbond substituents is 1. The number of nitrogens with one attached hydrogen (secondary N) is 1. The molecule has 4 N–H and O–H groups in total. The lowest BCUT2D eigenvalue weighted by atomic mass is 9.99. The molecule has 2 aromatic carbocycles. The van der Waals surface area contributed by atoms with E-state index in [1.165, 1.54) is 0 Å². The molecule has 0 spiro atoms. The number of fused-ring (bicyclic) bond motifs is 1. The van der Waals surface area contributed by atoms with Crippen molar-refractivity contribution < 1.29 is 20.1 Å². The average Bonchev–Trinajstić information content (AvgIpc) is 3.27. The fourth-order valence-corrected chi connectivity index (χ4v) is 4.24. The quantitative estimate of drug-likeness (QED) is 0.384. The molecule has 0 radical (unpaired) electrons. The number of pyridine rings is 1. The molecule has 1 aliphatic heterocycles. The van der Waals surface area contributed by atoms with Gasteiger partial charge in [-0.3, -0.25) is 9.89 Å². The Labute approximate surface area is 190 Å². The zero-order chi connectivity index (χ0) is 22.9. The van der Waals surface area contributed by atoms with E-state index < -0.39 is 6.10 Å². The molecular weight excluding hydrogens is 420 g/mol. The van der Waals surface area contributed by atoms with E-state index in [4.69, 9.17) is 0 Å². The molecule has 0 bridgehead atoms. The number of aromatic amines is 1. The second-order valence-corrected chi connectivity index (χ2v) is 8.30. The number of aromatic hydroxyl groups is 1. The van der Waals surface area contributed by atoms with Crippen LogP contribution in [-0.4, -0.2) is 60.5 Å². The number of hydrogen-bond donors (Lipinski definition) is 4. The van der Waals surface area contributed by atoms with E-state index in [-0.39, 0.29) is 17.8 Å². The number of hydrogen-bond acceptors (Lipinski definition) is 6. The minimum absolute atomic E-state index is 0.141. The Morgan fingerprint density at radius 3 is 2.64 bits per heavy atom.